The van der Waals surface area contributed by atoms with Crippen molar-refractivity contribution in [1.82, 2.24) is 15.0 Å². The van der Waals surface area contributed by atoms with Crippen molar-refractivity contribution in [3.63, 3.8) is 0 Å². The van der Waals surface area contributed by atoms with Crippen LogP contribution in [0.4, 0.5) is 5.82 Å². The zero-order valence-corrected chi connectivity index (χ0v) is 11.5. The first-order valence-corrected chi connectivity index (χ1v) is 6.13. The number of hydrogen-bond donors (Lipinski definition) is 2. The minimum atomic E-state index is -0.424. The van der Waals surface area contributed by atoms with E-state index in [9.17, 15) is 14.4 Å². The molecule has 0 atom stereocenters. The Morgan fingerprint density at radius 1 is 1.43 bits per heavy atom. The summed E-state index contributed by atoms with van der Waals surface area (Å²) < 4.78 is 4.82. The number of aromatic nitrogens is 2. The average molecular weight is 290 g/mol. The monoisotopic (exact) mass is 290 g/mol. The van der Waals surface area contributed by atoms with Crippen LogP contribution in [-0.4, -0.2) is 40.4 Å². The Morgan fingerprint density at radius 3 is 2.81 bits per heavy atom. The molecule has 0 spiro atoms. The zero-order chi connectivity index (χ0) is 15.4. The van der Waals surface area contributed by atoms with Crippen LogP contribution in [0.25, 0.3) is 0 Å². The van der Waals surface area contributed by atoms with Crippen LogP contribution in [0.1, 0.15) is 16.1 Å². The molecule has 2 aromatic rings. The van der Waals surface area contributed by atoms with Crippen LogP contribution >= 0.6 is 0 Å². The van der Waals surface area contributed by atoms with Crippen molar-refractivity contribution < 1.29 is 14.1 Å². The number of aryl methyl sites for hydroxylation is 1. The molecule has 2 rings (SSSR count). The SMILES string of the molecule is Cc1cc(NC(=O)CN(C)C(=O)c2cc[nH]c(=O)c2)no1. The number of carbonyl (C=O) groups is 2. The second kappa shape index (κ2) is 6.04. The van der Waals surface area contributed by atoms with E-state index in [0.29, 0.717) is 5.76 Å². The number of likely N-dealkylation sites (N-methyl/N-ethyl adjacent to an activating group) is 1. The lowest BCUT2D eigenvalue weighted by Gasteiger charge is -2.16. The van der Waals surface area contributed by atoms with E-state index in [1.54, 1.807) is 13.0 Å². The molecule has 110 valence electrons. The van der Waals surface area contributed by atoms with Crippen molar-refractivity contribution in [3.8, 4) is 0 Å². The van der Waals surface area contributed by atoms with Crippen LogP contribution in [0, 0.1) is 6.92 Å². The highest BCUT2D eigenvalue weighted by Gasteiger charge is 2.16. The molecule has 0 aliphatic rings. The highest BCUT2D eigenvalue weighted by molar-refractivity contribution is 5.98. The summed E-state index contributed by atoms with van der Waals surface area (Å²) in [4.78, 5) is 38.6. The summed E-state index contributed by atoms with van der Waals surface area (Å²) in [6.07, 6.45) is 1.38. The Morgan fingerprint density at radius 2 is 2.19 bits per heavy atom. The van der Waals surface area contributed by atoms with Crippen molar-refractivity contribution in [1.29, 1.82) is 0 Å². The van der Waals surface area contributed by atoms with Crippen LogP contribution in [-0.2, 0) is 4.79 Å². The summed E-state index contributed by atoms with van der Waals surface area (Å²) in [5.74, 6) is 0.0179. The number of anilines is 1. The molecular formula is C13H14N4O4. The molecule has 0 aliphatic carbocycles. The predicted octanol–water partition coefficient (Wildman–Crippen LogP) is 0.382. The molecule has 8 heteroatoms. The fourth-order valence-electron chi connectivity index (χ4n) is 1.69. The third-order valence-electron chi connectivity index (χ3n) is 2.64. The van der Waals surface area contributed by atoms with E-state index in [-0.39, 0.29) is 23.5 Å². The molecule has 21 heavy (non-hydrogen) atoms. The van der Waals surface area contributed by atoms with Gasteiger partial charge in [0, 0.05) is 30.9 Å². The van der Waals surface area contributed by atoms with Gasteiger partial charge in [0.15, 0.2) is 5.82 Å². The fourth-order valence-corrected chi connectivity index (χ4v) is 1.69. The molecule has 0 aromatic carbocycles. The van der Waals surface area contributed by atoms with Gasteiger partial charge in [-0.25, -0.2) is 0 Å². The summed E-state index contributed by atoms with van der Waals surface area (Å²) in [7, 11) is 1.47. The minimum Gasteiger partial charge on any atom is -0.360 e. The normalized spacial score (nSPS) is 10.2. The van der Waals surface area contributed by atoms with Crippen molar-refractivity contribution >= 4 is 17.6 Å². The molecule has 2 amide bonds. The van der Waals surface area contributed by atoms with Crippen molar-refractivity contribution in [2.24, 2.45) is 0 Å². The lowest BCUT2D eigenvalue weighted by atomic mass is 10.2. The number of aromatic amines is 1. The molecular weight excluding hydrogens is 276 g/mol. The Hall–Kier alpha value is -2.90. The summed E-state index contributed by atoms with van der Waals surface area (Å²) in [5.41, 5.74) is -0.164. The number of amides is 2. The lowest BCUT2D eigenvalue weighted by Crippen LogP contribution is -2.35. The molecule has 2 heterocycles. The van der Waals surface area contributed by atoms with E-state index in [1.807, 2.05) is 0 Å². The van der Waals surface area contributed by atoms with Gasteiger partial charge in [0.25, 0.3) is 5.91 Å². The van der Waals surface area contributed by atoms with E-state index in [1.165, 1.54) is 30.3 Å². The number of H-pyrrole nitrogens is 1. The molecule has 0 saturated heterocycles. The number of pyridine rings is 1. The van der Waals surface area contributed by atoms with Gasteiger partial charge in [-0.05, 0) is 13.0 Å². The topological polar surface area (TPSA) is 108 Å². The maximum absolute atomic E-state index is 12.0. The number of carbonyl (C=O) groups excluding carboxylic acids is 2. The first-order valence-electron chi connectivity index (χ1n) is 6.13. The molecule has 0 unspecified atom stereocenters. The average Bonchev–Trinajstić information content (AvgIpc) is 2.82. The zero-order valence-electron chi connectivity index (χ0n) is 11.5. The first-order chi connectivity index (χ1) is 9.95. The fraction of sp³-hybridized carbons (Fsp3) is 0.231. The maximum atomic E-state index is 12.0. The first kappa shape index (κ1) is 14.5. The molecule has 0 aliphatic heterocycles. The van der Waals surface area contributed by atoms with Gasteiger partial charge in [-0.15, -0.1) is 0 Å². The van der Waals surface area contributed by atoms with Crippen LogP contribution in [0.15, 0.2) is 33.7 Å². The molecule has 2 aromatic heterocycles. The van der Waals surface area contributed by atoms with E-state index >= 15 is 0 Å². The largest absolute Gasteiger partial charge is 0.360 e. The van der Waals surface area contributed by atoms with E-state index < -0.39 is 11.8 Å². The van der Waals surface area contributed by atoms with Crippen LogP contribution < -0.4 is 10.9 Å². The Balaban J connectivity index is 1.97. The van der Waals surface area contributed by atoms with Crippen molar-refractivity contribution in [3.05, 3.63) is 46.1 Å². The highest BCUT2D eigenvalue weighted by Crippen LogP contribution is 2.07. The second-order valence-corrected chi connectivity index (χ2v) is 4.47. The van der Waals surface area contributed by atoms with Crippen molar-refractivity contribution in [2.45, 2.75) is 6.92 Å². The van der Waals surface area contributed by atoms with Gasteiger partial charge in [0.2, 0.25) is 11.5 Å². The van der Waals surface area contributed by atoms with Crippen LogP contribution in [0.2, 0.25) is 0 Å². The summed E-state index contributed by atoms with van der Waals surface area (Å²) in [6, 6.07) is 4.22. The van der Waals surface area contributed by atoms with Gasteiger partial charge < -0.3 is 19.7 Å². The second-order valence-electron chi connectivity index (χ2n) is 4.47. The molecule has 0 fully saturated rings. The lowest BCUT2D eigenvalue weighted by molar-refractivity contribution is -0.116. The van der Waals surface area contributed by atoms with Gasteiger partial charge in [0.05, 0.1) is 6.54 Å². The molecule has 0 saturated carbocycles. The van der Waals surface area contributed by atoms with Crippen molar-refractivity contribution in [2.75, 3.05) is 18.9 Å². The summed E-state index contributed by atoms with van der Waals surface area (Å²) >= 11 is 0. The molecule has 8 nitrogen and oxygen atoms in total. The molecule has 2 N–H and O–H groups in total. The Labute approximate surface area is 119 Å². The summed E-state index contributed by atoms with van der Waals surface area (Å²) in [5, 5.41) is 6.13. The van der Waals surface area contributed by atoms with Gasteiger partial charge in [-0.2, -0.15) is 0 Å². The number of nitrogens with one attached hydrogen (secondary N) is 2. The molecule has 0 bridgehead atoms. The Kier molecular flexibility index (Phi) is 4.17. The number of rotatable bonds is 4. The minimum absolute atomic E-state index is 0.169. The number of nitrogens with zero attached hydrogens (tertiary/aromatic N) is 2. The van der Waals surface area contributed by atoms with E-state index in [0.717, 1.165) is 0 Å². The Bertz CT molecular complexity index is 719. The van der Waals surface area contributed by atoms with Gasteiger partial charge in [-0.3, -0.25) is 14.4 Å². The molecule has 0 radical (unpaired) electrons. The number of hydrogen-bond acceptors (Lipinski definition) is 5. The third-order valence-corrected chi connectivity index (χ3v) is 2.64. The van der Waals surface area contributed by atoms with Crippen LogP contribution in [0.5, 0.6) is 0 Å². The quantitative estimate of drug-likeness (QED) is 0.846. The predicted molar refractivity (Wildman–Crippen MR) is 73.9 cm³/mol. The maximum Gasteiger partial charge on any atom is 0.254 e. The van der Waals surface area contributed by atoms with Gasteiger partial charge in [-0.1, -0.05) is 5.16 Å². The smallest absolute Gasteiger partial charge is 0.254 e. The van der Waals surface area contributed by atoms with Gasteiger partial charge >= 0.3 is 0 Å². The standard InChI is InChI=1S/C13H14N4O4/c1-8-5-10(16-21-8)15-12(19)7-17(2)13(20)9-3-4-14-11(18)6-9/h3-6H,7H2,1-2H3,(H,14,18)(H,15,16,19). The summed E-state index contributed by atoms with van der Waals surface area (Å²) in [6.45, 7) is 1.53. The van der Waals surface area contributed by atoms with E-state index in [4.69, 9.17) is 4.52 Å². The third kappa shape index (κ3) is 3.78. The van der Waals surface area contributed by atoms with E-state index in [2.05, 4.69) is 15.5 Å². The highest BCUT2D eigenvalue weighted by atomic mass is 16.5. The van der Waals surface area contributed by atoms with Crippen LogP contribution in [0.3, 0.4) is 0 Å². The van der Waals surface area contributed by atoms with Gasteiger partial charge in [0.1, 0.15) is 5.76 Å².